The van der Waals surface area contributed by atoms with Gasteiger partial charge in [0, 0.05) is 25.3 Å². The van der Waals surface area contributed by atoms with E-state index in [-0.39, 0.29) is 24.3 Å². The van der Waals surface area contributed by atoms with Gasteiger partial charge in [-0.2, -0.15) is 0 Å². The number of aryl methyl sites for hydroxylation is 2. The van der Waals surface area contributed by atoms with Crippen molar-refractivity contribution >= 4 is 23.4 Å². The van der Waals surface area contributed by atoms with E-state index in [9.17, 15) is 19.5 Å². The van der Waals surface area contributed by atoms with Crippen LogP contribution in [0.15, 0.2) is 103 Å². The van der Waals surface area contributed by atoms with Crippen LogP contribution in [0.3, 0.4) is 0 Å². The van der Waals surface area contributed by atoms with E-state index in [0.717, 1.165) is 22.4 Å². The highest BCUT2D eigenvalue weighted by Crippen LogP contribution is 2.55. The van der Waals surface area contributed by atoms with Crippen LogP contribution in [0.25, 0.3) is 0 Å². The summed E-state index contributed by atoms with van der Waals surface area (Å²) in [6, 6.07) is 23.0. The van der Waals surface area contributed by atoms with E-state index in [1.807, 2.05) is 117 Å². The summed E-state index contributed by atoms with van der Waals surface area (Å²) < 4.78 is 6.84. The van der Waals surface area contributed by atoms with Crippen molar-refractivity contribution in [1.29, 1.82) is 0 Å². The Hall–Kier alpha value is -4.53. The molecule has 3 aromatic rings. The maximum absolute atomic E-state index is 15.0. The summed E-state index contributed by atoms with van der Waals surface area (Å²) >= 11 is 0. The van der Waals surface area contributed by atoms with Crippen LogP contribution in [-0.4, -0.2) is 70.1 Å². The zero-order chi connectivity index (χ0) is 31.3. The molecule has 4 aliphatic heterocycles. The third-order valence-corrected chi connectivity index (χ3v) is 9.80. The summed E-state index contributed by atoms with van der Waals surface area (Å²) in [5, 5.41) is 10.8. The number of carbonyl (C=O) groups excluding carboxylic acids is 3. The summed E-state index contributed by atoms with van der Waals surface area (Å²) in [6.45, 7) is 4.62. The van der Waals surface area contributed by atoms with Crippen LogP contribution in [0.4, 0.5) is 5.69 Å². The molecule has 8 nitrogen and oxygen atoms in total. The van der Waals surface area contributed by atoms with Gasteiger partial charge in [-0.1, -0.05) is 103 Å². The fourth-order valence-electron chi connectivity index (χ4n) is 7.87. The number of para-hydroxylation sites is 1. The van der Waals surface area contributed by atoms with Crippen LogP contribution in [0.5, 0.6) is 0 Å². The third-order valence-electron chi connectivity index (χ3n) is 9.80. The smallest absolute Gasteiger partial charge is 0.253 e. The van der Waals surface area contributed by atoms with Gasteiger partial charge in [0.1, 0.15) is 11.6 Å². The van der Waals surface area contributed by atoms with Crippen molar-refractivity contribution < 1.29 is 24.2 Å². The van der Waals surface area contributed by atoms with Gasteiger partial charge in [-0.15, -0.1) is 0 Å². The quantitative estimate of drug-likeness (QED) is 0.429. The molecule has 4 heterocycles. The number of aliphatic hydroxyl groups is 1. The minimum Gasteiger partial charge on any atom is -0.394 e. The average molecular weight is 604 g/mol. The topological polar surface area (TPSA) is 90.4 Å². The van der Waals surface area contributed by atoms with Gasteiger partial charge in [0.25, 0.3) is 5.91 Å². The number of anilines is 1. The number of aliphatic hydroxyl groups excluding tert-OH is 1. The van der Waals surface area contributed by atoms with Gasteiger partial charge in [0.2, 0.25) is 11.8 Å². The number of fused-ring (bicyclic) bond motifs is 2. The molecule has 7 rings (SSSR count). The normalized spacial score (nSPS) is 28.1. The molecule has 1 N–H and O–H groups in total. The third kappa shape index (κ3) is 4.62. The second-order valence-corrected chi connectivity index (χ2v) is 12.4. The van der Waals surface area contributed by atoms with E-state index in [1.54, 1.807) is 9.80 Å². The zero-order valence-corrected chi connectivity index (χ0v) is 25.5. The molecule has 1 unspecified atom stereocenters. The first-order valence-corrected chi connectivity index (χ1v) is 15.6. The predicted molar refractivity (Wildman–Crippen MR) is 170 cm³/mol. The number of ether oxygens (including phenoxy) is 1. The number of likely N-dealkylation sites (tertiary alicyclic amines) is 1. The Morgan fingerprint density at radius 1 is 0.844 bits per heavy atom. The van der Waals surface area contributed by atoms with Crippen molar-refractivity contribution in [3.05, 3.63) is 125 Å². The number of rotatable bonds is 6. The summed E-state index contributed by atoms with van der Waals surface area (Å²) in [5.41, 5.74) is 2.96. The van der Waals surface area contributed by atoms with Crippen molar-refractivity contribution in [2.24, 2.45) is 11.8 Å². The Morgan fingerprint density at radius 3 is 2.22 bits per heavy atom. The lowest BCUT2D eigenvalue weighted by atomic mass is 9.77. The van der Waals surface area contributed by atoms with Crippen molar-refractivity contribution in [2.45, 2.75) is 44.2 Å². The van der Waals surface area contributed by atoms with Gasteiger partial charge in [-0.3, -0.25) is 14.4 Å². The predicted octanol–water partition coefficient (Wildman–Crippen LogP) is 4.12. The molecule has 0 radical (unpaired) electrons. The standard InChI is InChI=1S/C37H37N3O5/c1-24-12-9-13-25(2)32(24)39-21-11-19-37-31(35(43)40(33(37)36(39)44)28(23-41)27-16-7-4-8-17-27)30-29(45-37)18-10-20-38(34(30)42)22-26-14-5-3-6-15-26/h3-19,28-31,33,41H,20-23H2,1-2H3/t28-,29+,30-,31+,33?,37+/m1/s1. The molecule has 3 aromatic carbocycles. The largest absolute Gasteiger partial charge is 0.394 e. The van der Waals surface area contributed by atoms with Gasteiger partial charge in [-0.25, -0.2) is 0 Å². The fraction of sp³-hybridized carbons (Fsp3) is 0.324. The number of hydrogen-bond donors (Lipinski definition) is 1. The first kappa shape index (κ1) is 29.2. The maximum atomic E-state index is 15.0. The van der Waals surface area contributed by atoms with E-state index in [2.05, 4.69) is 0 Å². The molecule has 45 heavy (non-hydrogen) atoms. The average Bonchev–Trinajstić information content (AvgIpc) is 3.37. The number of carbonyl (C=O) groups is 3. The van der Waals surface area contributed by atoms with Crippen LogP contribution in [-0.2, 0) is 25.7 Å². The summed E-state index contributed by atoms with van der Waals surface area (Å²) in [7, 11) is 0. The minimum atomic E-state index is -1.40. The van der Waals surface area contributed by atoms with Gasteiger partial charge in [0.05, 0.1) is 30.6 Å². The van der Waals surface area contributed by atoms with Gasteiger partial charge < -0.3 is 24.5 Å². The first-order chi connectivity index (χ1) is 21.9. The van der Waals surface area contributed by atoms with Crippen LogP contribution in [0.1, 0.15) is 28.3 Å². The highest BCUT2D eigenvalue weighted by atomic mass is 16.5. The van der Waals surface area contributed by atoms with Gasteiger partial charge >= 0.3 is 0 Å². The molecule has 2 fully saturated rings. The number of amides is 3. The van der Waals surface area contributed by atoms with Crippen molar-refractivity contribution in [3.8, 4) is 0 Å². The molecule has 4 aliphatic rings. The van der Waals surface area contributed by atoms with Gasteiger partial charge in [-0.05, 0) is 36.1 Å². The molecule has 8 heteroatoms. The molecule has 0 saturated carbocycles. The molecule has 6 atom stereocenters. The van der Waals surface area contributed by atoms with E-state index in [4.69, 9.17) is 4.74 Å². The molecule has 1 spiro atoms. The van der Waals surface area contributed by atoms with Crippen LogP contribution in [0, 0.1) is 25.7 Å². The molecule has 230 valence electrons. The lowest BCUT2D eigenvalue weighted by Crippen LogP contribution is -2.56. The number of nitrogens with zero attached hydrogens (tertiary/aromatic N) is 3. The highest BCUT2D eigenvalue weighted by molar-refractivity contribution is 6.06. The van der Waals surface area contributed by atoms with E-state index in [0.29, 0.717) is 18.7 Å². The Kier molecular flexibility index (Phi) is 7.42. The monoisotopic (exact) mass is 603 g/mol. The summed E-state index contributed by atoms with van der Waals surface area (Å²) in [6.07, 6.45) is 6.87. The lowest BCUT2D eigenvalue weighted by Gasteiger charge is -2.39. The lowest BCUT2D eigenvalue weighted by molar-refractivity contribution is -0.147. The summed E-state index contributed by atoms with van der Waals surface area (Å²) in [5.74, 6) is -2.61. The van der Waals surface area contributed by atoms with E-state index >= 15 is 0 Å². The van der Waals surface area contributed by atoms with Crippen LogP contribution < -0.4 is 4.90 Å². The van der Waals surface area contributed by atoms with Crippen LogP contribution in [0.2, 0.25) is 0 Å². The fourth-order valence-corrected chi connectivity index (χ4v) is 7.87. The molecular formula is C37H37N3O5. The second-order valence-electron chi connectivity index (χ2n) is 12.4. The van der Waals surface area contributed by atoms with Gasteiger partial charge in [0.15, 0.2) is 0 Å². The van der Waals surface area contributed by atoms with Crippen LogP contribution >= 0.6 is 0 Å². The Labute approximate surface area is 263 Å². The number of benzene rings is 3. The number of hydrogen-bond acceptors (Lipinski definition) is 5. The van der Waals surface area contributed by atoms with Crippen molar-refractivity contribution in [3.63, 3.8) is 0 Å². The Morgan fingerprint density at radius 2 is 1.53 bits per heavy atom. The zero-order valence-electron chi connectivity index (χ0n) is 25.5. The Bertz CT molecular complexity index is 1670. The second kappa shape index (κ2) is 11.4. The molecule has 0 bridgehead atoms. The molecule has 3 amide bonds. The molecule has 0 aromatic heterocycles. The SMILES string of the molecule is Cc1cccc(C)c1N1CC=C[C@]23O[C@H]4C=CCN(Cc5ccccc5)C(=O)[C@H]4[C@H]2C(=O)N([C@H](CO)c2ccccc2)C3C1=O. The highest BCUT2D eigenvalue weighted by Gasteiger charge is 2.72. The molecule has 2 saturated heterocycles. The molecule has 0 aliphatic carbocycles. The van der Waals surface area contributed by atoms with Crippen molar-refractivity contribution in [2.75, 3.05) is 24.6 Å². The minimum absolute atomic E-state index is 0.179. The molecular weight excluding hydrogens is 566 g/mol. The van der Waals surface area contributed by atoms with Crippen molar-refractivity contribution in [1.82, 2.24) is 9.80 Å². The van der Waals surface area contributed by atoms with E-state index < -0.39 is 42.2 Å². The summed E-state index contributed by atoms with van der Waals surface area (Å²) in [4.78, 5) is 49.2. The van der Waals surface area contributed by atoms with E-state index in [1.165, 1.54) is 4.90 Å². The Balaban J connectivity index is 1.36. The maximum Gasteiger partial charge on any atom is 0.253 e. The first-order valence-electron chi connectivity index (χ1n) is 15.6.